The van der Waals surface area contributed by atoms with E-state index in [4.69, 9.17) is 24.8 Å². The van der Waals surface area contributed by atoms with E-state index in [-0.39, 0.29) is 19.4 Å². The van der Waals surface area contributed by atoms with Crippen LogP contribution >= 0.6 is 7.82 Å². The fourth-order valence-corrected chi connectivity index (χ4v) is 7.34. The fraction of sp³-hybridized carbons (Fsp3) is 0.712. The van der Waals surface area contributed by atoms with Gasteiger partial charge in [0.15, 0.2) is 6.10 Å². The molecule has 0 spiro atoms. The number of hydrogen-bond acceptors (Lipinski definition) is 9. The first-order chi connectivity index (χ1) is 31.1. The molecule has 12 heteroatoms. The molecule has 3 atom stereocenters. The highest BCUT2D eigenvalue weighted by atomic mass is 31.2. The second-order valence-corrected chi connectivity index (χ2v) is 18.0. The number of unbranched alkanes of at least 4 members (excludes halogenated alkanes) is 20. The zero-order valence-corrected chi connectivity index (χ0v) is 41.0. The molecule has 0 aliphatic heterocycles. The average molecular weight is 920 g/mol. The van der Waals surface area contributed by atoms with Gasteiger partial charge in [-0.05, 0) is 83.5 Å². The Morgan fingerprint density at radius 3 is 1.34 bits per heavy atom. The SMILES string of the molecule is CC/C=C\C/C=C\C/C=C\C/C=C\C/C=C\CCCCCC(=O)O[C@H](COC(=O)CCCCCCCCCCCCC/C=C\CCCCCCCC)COP(=O)(O)OC[C@H](N)C(=O)O. The van der Waals surface area contributed by atoms with Gasteiger partial charge >= 0.3 is 25.7 Å². The normalized spacial score (nSPS) is 14.2. The Hall–Kier alpha value is -3.08. The molecule has 0 fully saturated rings. The number of aliphatic carboxylic acids is 1. The van der Waals surface area contributed by atoms with Gasteiger partial charge in [-0.1, -0.05) is 183 Å². The highest BCUT2D eigenvalue weighted by molar-refractivity contribution is 7.47. The molecule has 4 N–H and O–H groups in total. The first-order valence-corrected chi connectivity index (χ1v) is 26.5. The Balaban J connectivity index is 4.32. The molecule has 0 heterocycles. The van der Waals surface area contributed by atoms with Gasteiger partial charge in [0.2, 0.25) is 0 Å². The van der Waals surface area contributed by atoms with E-state index in [1.165, 1.54) is 96.3 Å². The van der Waals surface area contributed by atoms with Crippen molar-refractivity contribution in [1.29, 1.82) is 0 Å². The third kappa shape index (κ3) is 45.5. The molecule has 0 aromatic carbocycles. The number of phosphoric ester groups is 1. The van der Waals surface area contributed by atoms with Crippen LogP contribution in [0.4, 0.5) is 0 Å². The van der Waals surface area contributed by atoms with Crippen LogP contribution in [-0.2, 0) is 37.5 Å². The van der Waals surface area contributed by atoms with Gasteiger partial charge in [-0.3, -0.25) is 23.4 Å². The summed E-state index contributed by atoms with van der Waals surface area (Å²) in [6.07, 6.45) is 56.8. The molecule has 0 aromatic heterocycles. The van der Waals surface area contributed by atoms with Crippen molar-refractivity contribution in [3.05, 3.63) is 72.9 Å². The lowest BCUT2D eigenvalue weighted by Gasteiger charge is -2.20. The Morgan fingerprint density at radius 2 is 0.875 bits per heavy atom. The van der Waals surface area contributed by atoms with Crippen LogP contribution in [0.1, 0.15) is 206 Å². The van der Waals surface area contributed by atoms with Crippen molar-refractivity contribution in [1.82, 2.24) is 0 Å². The summed E-state index contributed by atoms with van der Waals surface area (Å²) < 4.78 is 32.8. The Kier molecular flexibility index (Phi) is 44.2. The minimum atomic E-state index is -4.73. The van der Waals surface area contributed by atoms with Crippen LogP contribution in [0, 0.1) is 0 Å². The second-order valence-electron chi connectivity index (χ2n) is 16.6. The van der Waals surface area contributed by atoms with Crippen molar-refractivity contribution in [3.8, 4) is 0 Å². The fourth-order valence-electron chi connectivity index (χ4n) is 6.56. The minimum absolute atomic E-state index is 0.119. The smallest absolute Gasteiger partial charge is 0.472 e. The van der Waals surface area contributed by atoms with E-state index in [2.05, 4.69) is 91.3 Å². The lowest BCUT2D eigenvalue weighted by molar-refractivity contribution is -0.161. The van der Waals surface area contributed by atoms with Gasteiger partial charge in [0, 0.05) is 12.8 Å². The van der Waals surface area contributed by atoms with E-state index in [1.807, 2.05) is 0 Å². The Morgan fingerprint density at radius 1 is 0.500 bits per heavy atom. The minimum Gasteiger partial charge on any atom is -0.480 e. The lowest BCUT2D eigenvalue weighted by Crippen LogP contribution is -2.34. The number of phosphoric acid groups is 1. The van der Waals surface area contributed by atoms with Crippen LogP contribution in [0.2, 0.25) is 0 Å². The van der Waals surface area contributed by atoms with E-state index in [1.54, 1.807) is 0 Å². The lowest BCUT2D eigenvalue weighted by atomic mass is 10.0. The highest BCUT2D eigenvalue weighted by Gasteiger charge is 2.28. The molecule has 0 bridgehead atoms. The average Bonchev–Trinajstić information content (AvgIpc) is 3.27. The van der Waals surface area contributed by atoms with Crippen LogP contribution in [0.15, 0.2) is 72.9 Å². The number of allylic oxidation sites excluding steroid dienone is 12. The van der Waals surface area contributed by atoms with E-state index in [9.17, 15) is 23.8 Å². The van der Waals surface area contributed by atoms with Gasteiger partial charge in [0.25, 0.3) is 0 Å². The number of carboxylic acids is 1. The molecule has 0 amide bonds. The van der Waals surface area contributed by atoms with E-state index in [0.29, 0.717) is 12.8 Å². The summed E-state index contributed by atoms with van der Waals surface area (Å²) >= 11 is 0. The predicted octanol–water partition coefficient (Wildman–Crippen LogP) is 14.1. The van der Waals surface area contributed by atoms with Crippen LogP contribution in [0.5, 0.6) is 0 Å². The molecule has 1 unspecified atom stereocenters. The van der Waals surface area contributed by atoms with Crippen molar-refractivity contribution >= 4 is 25.7 Å². The maximum atomic E-state index is 12.7. The number of nitrogens with two attached hydrogens (primary N) is 1. The van der Waals surface area contributed by atoms with Crippen molar-refractivity contribution in [2.24, 2.45) is 5.73 Å². The summed E-state index contributed by atoms with van der Waals surface area (Å²) in [5, 5.41) is 8.92. The van der Waals surface area contributed by atoms with Gasteiger partial charge in [-0.15, -0.1) is 0 Å². The van der Waals surface area contributed by atoms with Gasteiger partial charge in [0.05, 0.1) is 13.2 Å². The number of hydrogen-bond donors (Lipinski definition) is 3. The number of esters is 2. The number of carbonyl (C=O) groups excluding carboxylic acids is 2. The van der Waals surface area contributed by atoms with Gasteiger partial charge < -0.3 is 25.2 Å². The number of ether oxygens (including phenoxy) is 2. The number of carboxylic acid groups (broad SMARTS) is 1. The van der Waals surface area contributed by atoms with Crippen molar-refractivity contribution in [3.63, 3.8) is 0 Å². The summed E-state index contributed by atoms with van der Waals surface area (Å²) in [5.74, 6) is -2.42. The third-order valence-electron chi connectivity index (χ3n) is 10.4. The maximum absolute atomic E-state index is 12.7. The molecule has 368 valence electrons. The van der Waals surface area contributed by atoms with Crippen LogP contribution in [0.25, 0.3) is 0 Å². The summed E-state index contributed by atoms with van der Waals surface area (Å²) in [6.45, 7) is 2.67. The first kappa shape index (κ1) is 60.9. The zero-order valence-electron chi connectivity index (χ0n) is 40.1. The topological polar surface area (TPSA) is 172 Å². The summed E-state index contributed by atoms with van der Waals surface area (Å²) in [7, 11) is -4.73. The monoisotopic (exact) mass is 920 g/mol. The molecule has 0 saturated heterocycles. The standard InChI is InChI=1S/C52H90NO10P/c1-3-5-7-9-11-13-15-17-19-21-23-24-26-27-29-31-33-35-37-39-41-43-50(54)60-45-48(46-61-64(58,59)62-47-49(53)52(56)57)63-51(55)44-42-40-38-36-34-32-30-28-25-22-20-18-16-14-12-10-8-6-4-2/h6,8,12,14,17-20,25,28,32,34,48-49H,3-5,7,9-11,13,15-16,21-24,26-27,29-31,33,35-47,53H2,1-2H3,(H,56,57)(H,58,59)/b8-6-,14-12-,19-17-,20-18-,28-25-,34-32-/t48-,49+/m1/s1. The van der Waals surface area contributed by atoms with Crippen LogP contribution in [-0.4, -0.2) is 59.9 Å². The van der Waals surface area contributed by atoms with E-state index >= 15 is 0 Å². The molecular formula is C52H90NO10P. The van der Waals surface area contributed by atoms with Crippen molar-refractivity contribution in [2.45, 2.75) is 219 Å². The molecule has 0 rings (SSSR count). The zero-order chi connectivity index (χ0) is 47.0. The van der Waals surface area contributed by atoms with Crippen LogP contribution in [0.3, 0.4) is 0 Å². The first-order valence-electron chi connectivity index (χ1n) is 25.0. The quantitative estimate of drug-likeness (QED) is 0.0230. The Labute approximate surface area is 389 Å². The molecule has 0 aromatic rings. The Bertz CT molecular complexity index is 1360. The molecule has 64 heavy (non-hydrogen) atoms. The predicted molar refractivity (Wildman–Crippen MR) is 263 cm³/mol. The summed E-state index contributed by atoms with van der Waals surface area (Å²) in [4.78, 5) is 46.2. The number of rotatable bonds is 46. The van der Waals surface area contributed by atoms with Crippen LogP contribution < -0.4 is 5.73 Å². The highest BCUT2D eigenvalue weighted by Crippen LogP contribution is 2.43. The van der Waals surface area contributed by atoms with E-state index < -0.39 is 51.1 Å². The molecule has 0 aliphatic carbocycles. The van der Waals surface area contributed by atoms with Gasteiger partial charge in [-0.25, -0.2) is 4.57 Å². The summed E-state index contributed by atoms with van der Waals surface area (Å²) in [5.41, 5.74) is 5.35. The molecule has 0 radical (unpaired) electrons. The molecule has 0 saturated carbocycles. The van der Waals surface area contributed by atoms with Gasteiger partial charge in [0.1, 0.15) is 12.6 Å². The molecular weight excluding hydrogens is 830 g/mol. The molecule has 11 nitrogen and oxygen atoms in total. The maximum Gasteiger partial charge on any atom is 0.472 e. The second kappa shape index (κ2) is 46.4. The van der Waals surface area contributed by atoms with Gasteiger partial charge in [-0.2, -0.15) is 0 Å². The number of carbonyl (C=O) groups is 3. The van der Waals surface area contributed by atoms with Crippen molar-refractivity contribution in [2.75, 3.05) is 19.8 Å². The van der Waals surface area contributed by atoms with E-state index in [0.717, 1.165) is 70.6 Å². The molecule has 0 aliphatic rings. The third-order valence-corrected chi connectivity index (χ3v) is 11.4. The summed E-state index contributed by atoms with van der Waals surface area (Å²) in [6, 6.07) is -1.53. The van der Waals surface area contributed by atoms with Crippen molar-refractivity contribution < 1.29 is 47.5 Å². The largest absolute Gasteiger partial charge is 0.480 e.